The summed E-state index contributed by atoms with van der Waals surface area (Å²) in [5.41, 5.74) is 0. The van der Waals surface area contributed by atoms with Crippen molar-refractivity contribution in [1.82, 2.24) is 0 Å². The second kappa shape index (κ2) is 2.84. The maximum absolute atomic E-state index is 9.07. The number of aliphatic hydroxyl groups excluding tert-OH is 3. The van der Waals surface area contributed by atoms with E-state index in [4.69, 9.17) is 20.1 Å². The first kappa shape index (κ1) is 7.94. The highest BCUT2D eigenvalue weighted by Gasteiger charge is 2.32. The quantitative estimate of drug-likeness (QED) is 0.405. The summed E-state index contributed by atoms with van der Waals surface area (Å²) in [5.74, 6) is 0. The van der Waals surface area contributed by atoms with Gasteiger partial charge in [0.15, 0.2) is 6.29 Å². The molecule has 0 aromatic carbocycles. The minimum absolute atomic E-state index is 0.183. The highest BCUT2D eigenvalue weighted by Crippen LogP contribution is 2.17. The molecule has 1 saturated heterocycles. The van der Waals surface area contributed by atoms with Gasteiger partial charge < -0.3 is 20.1 Å². The van der Waals surface area contributed by atoms with Crippen LogP contribution in [0.15, 0.2) is 0 Å². The maximum Gasteiger partial charge on any atom is 0.181 e. The van der Waals surface area contributed by atoms with Crippen molar-refractivity contribution in [3.05, 3.63) is 0 Å². The predicted octanol–water partition coefficient (Wildman–Crippen LogP) is -1.16. The van der Waals surface area contributed by atoms with E-state index >= 15 is 0 Å². The van der Waals surface area contributed by atoms with Crippen LogP contribution in [0, 0.1) is 0 Å². The van der Waals surface area contributed by atoms with Gasteiger partial charge >= 0.3 is 0 Å². The molecule has 0 spiro atoms. The molecule has 1 aliphatic rings. The predicted molar refractivity (Wildman–Crippen MR) is 33.2 cm³/mol. The van der Waals surface area contributed by atoms with Gasteiger partial charge in [0.2, 0.25) is 0 Å². The summed E-state index contributed by atoms with van der Waals surface area (Å²) >= 11 is 0. The maximum atomic E-state index is 9.07. The first-order valence-electron chi connectivity index (χ1n) is 3.31. The minimum atomic E-state index is -1.14. The summed E-state index contributed by atoms with van der Waals surface area (Å²) in [6, 6.07) is 0. The standard InChI is InChI=1S/C6H12O4/c1-3-4(7)2-5(8)6(9)10-3/h3-9H,2H2,1H3/t3-,4-,5-,6?/m0/s1. The SMILES string of the molecule is C[C@@H]1OC(O)[C@@H](O)C[C@@H]1O. The second-order valence-corrected chi connectivity index (χ2v) is 2.60. The van der Waals surface area contributed by atoms with E-state index < -0.39 is 24.6 Å². The number of rotatable bonds is 0. The average Bonchev–Trinajstić information content (AvgIpc) is 1.84. The molecule has 3 N–H and O–H groups in total. The molecular formula is C6H12O4. The molecule has 1 heterocycles. The third-order valence-electron chi connectivity index (χ3n) is 1.71. The molecule has 0 aromatic rings. The Morgan fingerprint density at radius 3 is 2.30 bits per heavy atom. The number of aliphatic hydroxyl groups is 3. The van der Waals surface area contributed by atoms with Crippen molar-refractivity contribution < 1.29 is 20.1 Å². The fraction of sp³-hybridized carbons (Fsp3) is 1.00. The van der Waals surface area contributed by atoms with Gasteiger partial charge in [-0.2, -0.15) is 0 Å². The van der Waals surface area contributed by atoms with Gasteiger partial charge in [0.25, 0.3) is 0 Å². The molecule has 4 nitrogen and oxygen atoms in total. The van der Waals surface area contributed by atoms with Crippen molar-refractivity contribution in [2.75, 3.05) is 0 Å². The molecule has 4 atom stereocenters. The van der Waals surface area contributed by atoms with Gasteiger partial charge in [-0.15, -0.1) is 0 Å². The molecule has 0 amide bonds. The third-order valence-corrected chi connectivity index (χ3v) is 1.71. The Bertz CT molecular complexity index is 90.3. The Morgan fingerprint density at radius 2 is 1.80 bits per heavy atom. The zero-order valence-electron chi connectivity index (χ0n) is 5.77. The Labute approximate surface area is 59.1 Å². The lowest BCUT2D eigenvalue weighted by molar-refractivity contribution is -0.240. The summed E-state index contributed by atoms with van der Waals surface area (Å²) in [7, 11) is 0. The van der Waals surface area contributed by atoms with Gasteiger partial charge in [-0.05, 0) is 6.92 Å². The summed E-state index contributed by atoms with van der Waals surface area (Å²) in [6.45, 7) is 1.65. The topological polar surface area (TPSA) is 69.9 Å². The molecule has 4 heteroatoms. The minimum Gasteiger partial charge on any atom is -0.390 e. The van der Waals surface area contributed by atoms with E-state index in [-0.39, 0.29) is 6.42 Å². The number of hydrogen-bond acceptors (Lipinski definition) is 4. The van der Waals surface area contributed by atoms with E-state index in [0.29, 0.717) is 0 Å². The van der Waals surface area contributed by atoms with Gasteiger partial charge in [0.1, 0.15) is 6.10 Å². The van der Waals surface area contributed by atoms with E-state index in [1.165, 1.54) is 0 Å². The van der Waals surface area contributed by atoms with E-state index in [1.54, 1.807) is 6.92 Å². The molecule has 10 heavy (non-hydrogen) atoms. The number of ether oxygens (including phenoxy) is 1. The van der Waals surface area contributed by atoms with E-state index in [0.717, 1.165) is 0 Å². The Kier molecular flexibility index (Phi) is 2.25. The van der Waals surface area contributed by atoms with Crippen molar-refractivity contribution in [2.24, 2.45) is 0 Å². The monoisotopic (exact) mass is 148 g/mol. The van der Waals surface area contributed by atoms with Crippen LogP contribution in [-0.4, -0.2) is 39.9 Å². The zero-order chi connectivity index (χ0) is 7.72. The molecule has 1 aliphatic heterocycles. The van der Waals surface area contributed by atoms with Crippen molar-refractivity contribution in [3.63, 3.8) is 0 Å². The molecule has 0 saturated carbocycles. The molecule has 1 fully saturated rings. The Hall–Kier alpha value is -0.160. The first-order valence-corrected chi connectivity index (χ1v) is 3.31. The van der Waals surface area contributed by atoms with Crippen molar-refractivity contribution in [3.8, 4) is 0 Å². The van der Waals surface area contributed by atoms with E-state index in [9.17, 15) is 0 Å². The van der Waals surface area contributed by atoms with Crippen LogP contribution in [0.5, 0.6) is 0 Å². The van der Waals surface area contributed by atoms with Gasteiger partial charge in [-0.1, -0.05) is 0 Å². The van der Waals surface area contributed by atoms with Crippen LogP contribution in [0.25, 0.3) is 0 Å². The van der Waals surface area contributed by atoms with Crippen LogP contribution in [0.3, 0.4) is 0 Å². The van der Waals surface area contributed by atoms with Crippen LogP contribution in [0.4, 0.5) is 0 Å². The summed E-state index contributed by atoms with van der Waals surface area (Å²) in [4.78, 5) is 0. The van der Waals surface area contributed by atoms with Crippen molar-refractivity contribution >= 4 is 0 Å². The van der Waals surface area contributed by atoms with Gasteiger partial charge in [0.05, 0.1) is 12.2 Å². The molecular weight excluding hydrogens is 136 g/mol. The summed E-state index contributed by atoms with van der Waals surface area (Å²) in [6.07, 6.45) is -2.97. The van der Waals surface area contributed by atoms with Gasteiger partial charge in [-0.3, -0.25) is 0 Å². The second-order valence-electron chi connectivity index (χ2n) is 2.60. The average molecular weight is 148 g/mol. The lowest BCUT2D eigenvalue weighted by Gasteiger charge is -2.32. The smallest absolute Gasteiger partial charge is 0.181 e. The molecule has 0 bridgehead atoms. The number of hydrogen-bond donors (Lipinski definition) is 3. The van der Waals surface area contributed by atoms with E-state index in [2.05, 4.69) is 0 Å². The van der Waals surface area contributed by atoms with E-state index in [1.807, 2.05) is 0 Å². The van der Waals surface area contributed by atoms with Crippen LogP contribution < -0.4 is 0 Å². The van der Waals surface area contributed by atoms with Gasteiger partial charge in [0, 0.05) is 6.42 Å². The molecule has 0 aliphatic carbocycles. The summed E-state index contributed by atoms with van der Waals surface area (Å²) < 4.78 is 4.77. The molecule has 0 aromatic heterocycles. The van der Waals surface area contributed by atoms with Crippen molar-refractivity contribution in [2.45, 2.75) is 37.9 Å². The van der Waals surface area contributed by atoms with Crippen LogP contribution in [0.2, 0.25) is 0 Å². The highest BCUT2D eigenvalue weighted by atomic mass is 16.6. The highest BCUT2D eigenvalue weighted by molar-refractivity contribution is 4.76. The van der Waals surface area contributed by atoms with Gasteiger partial charge in [-0.25, -0.2) is 0 Å². The molecule has 1 unspecified atom stereocenters. The molecule has 0 radical (unpaired) electrons. The zero-order valence-corrected chi connectivity index (χ0v) is 5.77. The van der Waals surface area contributed by atoms with Crippen LogP contribution in [0.1, 0.15) is 13.3 Å². The first-order chi connectivity index (χ1) is 4.61. The lowest BCUT2D eigenvalue weighted by atomic mass is 10.0. The summed E-state index contributed by atoms with van der Waals surface area (Å²) in [5, 5.41) is 26.9. The fourth-order valence-corrected chi connectivity index (χ4v) is 0.957. The Balaban J connectivity index is 2.46. The van der Waals surface area contributed by atoms with Crippen molar-refractivity contribution in [1.29, 1.82) is 0 Å². The largest absolute Gasteiger partial charge is 0.390 e. The van der Waals surface area contributed by atoms with Crippen LogP contribution >= 0.6 is 0 Å². The normalized spacial score (nSPS) is 49.2. The Morgan fingerprint density at radius 1 is 1.20 bits per heavy atom. The molecule has 60 valence electrons. The molecule has 1 rings (SSSR count). The fourth-order valence-electron chi connectivity index (χ4n) is 0.957. The van der Waals surface area contributed by atoms with Crippen LogP contribution in [-0.2, 0) is 4.74 Å². The third kappa shape index (κ3) is 1.46. The lowest BCUT2D eigenvalue weighted by Crippen LogP contribution is -2.45.